The fourth-order valence-electron chi connectivity index (χ4n) is 2.54. The average Bonchev–Trinajstić information content (AvgIpc) is 2.68. The van der Waals surface area contributed by atoms with Gasteiger partial charge < -0.3 is 4.90 Å². The first-order chi connectivity index (χ1) is 12.6. The summed E-state index contributed by atoms with van der Waals surface area (Å²) in [5, 5.41) is 0. The third kappa shape index (κ3) is 3.78. The third-order valence-corrected chi connectivity index (χ3v) is 3.88. The van der Waals surface area contributed by atoms with Crippen molar-refractivity contribution in [3.05, 3.63) is 95.5 Å². The highest BCUT2D eigenvalue weighted by atomic mass is 16.2. The molecule has 0 fully saturated rings. The number of ketones is 1. The van der Waals surface area contributed by atoms with Gasteiger partial charge in [0.2, 0.25) is 0 Å². The Hall–Kier alpha value is -3.47. The predicted molar refractivity (Wildman–Crippen MR) is 102 cm³/mol. The summed E-state index contributed by atoms with van der Waals surface area (Å²) in [7, 11) is 3.68. The number of nitrogens with zero attached hydrogens (tertiary/aromatic N) is 3. The van der Waals surface area contributed by atoms with E-state index in [0.29, 0.717) is 22.6 Å². The molecule has 130 valence electrons. The van der Waals surface area contributed by atoms with Crippen molar-refractivity contribution in [2.45, 2.75) is 0 Å². The molecular weight excluding hydrogens is 326 g/mol. The minimum absolute atomic E-state index is 0.130. The second-order valence-electron chi connectivity index (χ2n) is 5.98. The Balaban J connectivity index is 1.88. The van der Waals surface area contributed by atoms with E-state index in [4.69, 9.17) is 0 Å². The zero-order chi connectivity index (χ0) is 18.5. The molecule has 0 radical (unpaired) electrons. The van der Waals surface area contributed by atoms with E-state index in [1.165, 1.54) is 17.3 Å². The number of allylic oxidation sites excluding steroid dienone is 2. The van der Waals surface area contributed by atoms with Gasteiger partial charge in [-0.15, -0.1) is 0 Å². The van der Waals surface area contributed by atoms with Gasteiger partial charge >= 0.3 is 0 Å². The molecule has 1 heterocycles. The van der Waals surface area contributed by atoms with Gasteiger partial charge in [-0.2, -0.15) is 0 Å². The summed E-state index contributed by atoms with van der Waals surface area (Å²) in [5.41, 5.74) is 1.66. The maximum atomic E-state index is 12.7. The van der Waals surface area contributed by atoms with Gasteiger partial charge in [-0.25, -0.2) is 4.99 Å². The van der Waals surface area contributed by atoms with Crippen LogP contribution in [-0.2, 0) is 0 Å². The molecule has 3 rings (SSSR count). The molecule has 26 heavy (non-hydrogen) atoms. The fourth-order valence-corrected chi connectivity index (χ4v) is 2.54. The summed E-state index contributed by atoms with van der Waals surface area (Å²) in [5.74, 6) is 0.332. The van der Waals surface area contributed by atoms with Gasteiger partial charge in [0.1, 0.15) is 12.2 Å². The summed E-state index contributed by atoms with van der Waals surface area (Å²) < 4.78 is 0. The van der Waals surface area contributed by atoms with Crippen molar-refractivity contribution in [2.75, 3.05) is 14.1 Å². The van der Waals surface area contributed by atoms with Crippen LogP contribution < -0.4 is 0 Å². The van der Waals surface area contributed by atoms with Crippen LogP contribution in [0.15, 0.2) is 89.3 Å². The first-order valence-electron chi connectivity index (χ1n) is 8.19. The second-order valence-corrected chi connectivity index (χ2v) is 5.98. The van der Waals surface area contributed by atoms with Crippen LogP contribution in [-0.4, -0.2) is 41.9 Å². The topological polar surface area (TPSA) is 53.0 Å². The second kappa shape index (κ2) is 7.61. The number of hydrogen-bond donors (Lipinski definition) is 0. The molecule has 0 N–H and O–H groups in total. The third-order valence-electron chi connectivity index (χ3n) is 3.88. The number of carbonyl (C=O) groups is 2. The molecule has 0 unspecified atom stereocenters. The number of carbonyl (C=O) groups excluding carboxylic acids is 2. The lowest BCUT2D eigenvalue weighted by atomic mass is 10.1. The Labute approximate surface area is 152 Å². The summed E-state index contributed by atoms with van der Waals surface area (Å²) in [6.07, 6.45) is 4.65. The Kier molecular flexibility index (Phi) is 5.08. The zero-order valence-electron chi connectivity index (χ0n) is 14.7. The largest absolute Gasteiger partial charge is 0.364 e. The van der Waals surface area contributed by atoms with Crippen molar-refractivity contribution < 1.29 is 9.59 Å². The van der Waals surface area contributed by atoms with E-state index in [9.17, 15) is 9.59 Å². The number of amides is 1. The van der Waals surface area contributed by atoms with E-state index in [1.807, 2.05) is 55.4 Å². The lowest BCUT2D eigenvalue weighted by Crippen LogP contribution is -2.37. The minimum Gasteiger partial charge on any atom is -0.364 e. The molecule has 0 aromatic heterocycles. The monoisotopic (exact) mass is 345 g/mol. The molecule has 0 bridgehead atoms. The number of rotatable bonds is 4. The molecule has 0 spiro atoms. The highest BCUT2D eigenvalue weighted by Gasteiger charge is 2.22. The molecule has 2 aromatic carbocycles. The van der Waals surface area contributed by atoms with Gasteiger partial charge in [-0.3, -0.25) is 14.5 Å². The van der Waals surface area contributed by atoms with Crippen LogP contribution in [0.3, 0.4) is 0 Å². The summed E-state index contributed by atoms with van der Waals surface area (Å²) in [6.45, 7) is 0. The normalized spacial score (nSPS) is 14.9. The van der Waals surface area contributed by atoms with Gasteiger partial charge in [0.05, 0.1) is 5.70 Å². The molecular formula is C21H19N3O2. The fraction of sp³-hybridized carbons (Fsp3) is 0.0952. The SMILES string of the molecule is CN(C)C1=CC(=CC(=O)c2ccccc2)N=CN1C(=O)c1ccccc1. The van der Waals surface area contributed by atoms with Gasteiger partial charge in [0, 0.05) is 37.4 Å². The van der Waals surface area contributed by atoms with Crippen LogP contribution in [0.25, 0.3) is 0 Å². The highest BCUT2D eigenvalue weighted by molar-refractivity contribution is 6.06. The molecule has 0 aliphatic carbocycles. The number of aliphatic imine (C=N–C) groups is 1. The molecule has 1 aliphatic heterocycles. The number of hydrogen-bond acceptors (Lipinski definition) is 4. The molecule has 5 nitrogen and oxygen atoms in total. The van der Waals surface area contributed by atoms with Gasteiger partial charge in [-0.05, 0) is 12.1 Å². The summed E-state index contributed by atoms with van der Waals surface area (Å²) >= 11 is 0. The van der Waals surface area contributed by atoms with Gasteiger partial charge in [0.15, 0.2) is 5.78 Å². The van der Waals surface area contributed by atoms with E-state index in [1.54, 1.807) is 30.3 Å². The Bertz CT molecular complexity index is 897. The van der Waals surface area contributed by atoms with Crippen LogP contribution in [0, 0.1) is 0 Å². The lowest BCUT2D eigenvalue weighted by molar-refractivity contribution is 0.0857. The highest BCUT2D eigenvalue weighted by Crippen LogP contribution is 2.19. The van der Waals surface area contributed by atoms with E-state index < -0.39 is 0 Å². The Morgan fingerprint density at radius 2 is 1.50 bits per heavy atom. The minimum atomic E-state index is -0.178. The van der Waals surface area contributed by atoms with Crippen molar-refractivity contribution in [1.82, 2.24) is 9.80 Å². The summed E-state index contributed by atoms with van der Waals surface area (Å²) in [6, 6.07) is 18.0. The van der Waals surface area contributed by atoms with Crippen molar-refractivity contribution >= 4 is 18.0 Å². The van der Waals surface area contributed by atoms with E-state index in [2.05, 4.69) is 4.99 Å². The smallest absolute Gasteiger partial charge is 0.264 e. The molecule has 0 atom stereocenters. The van der Waals surface area contributed by atoms with Crippen LogP contribution in [0.5, 0.6) is 0 Å². The van der Waals surface area contributed by atoms with Crippen LogP contribution in [0.2, 0.25) is 0 Å². The quantitative estimate of drug-likeness (QED) is 0.631. The predicted octanol–water partition coefficient (Wildman–Crippen LogP) is 3.34. The maximum Gasteiger partial charge on any atom is 0.264 e. The van der Waals surface area contributed by atoms with Crippen LogP contribution in [0.4, 0.5) is 0 Å². The molecule has 0 saturated carbocycles. The first-order valence-corrected chi connectivity index (χ1v) is 8.19. The van der Waals surface area contributed by atoms with Crippen molar-refractivity contribution in [3.63, 3.8) is 0 Å². The van der Waals surface area contributed by atoms with E-state index in [-0.39, 0.29) is 11.7 Å². The molecule has 0 saturated heterocycles. The lowest BCUT2D eigenvalue weighted by Gasteiger charge is -2.29. The van der Waals surface area contributed by atoms with Gasteiger partial charge in [0.25, 0.3) is 5.91 Å². The molecule has 5 heteroatoms. The maximum absolute atomic E-state index is 12.7. The van der Waals surface area contributed by atoms with Crippen LogP contribution in [0.1, 0.15) is 20.7 Å². The van der Waals surface area contributed by atoms with Crippen molar-refractivity contribution in [3.8, 4) is 0 Å². The molecule has 2 aromatic rings. The van der Waals surface area contributed by atoms with Crippen molar-refractivity contribution in [1.29, 1.82) is 0 Å². The van der Waals surface area contributed by atoms with E-state index >= 15 is 0 Å². The Morgan fingerprint density at radius 1 is 0.923 bits per heavy atom. The van der Waals surface area contributed by atoms with E-state index in [0.717, 1.165) is 0 Å². The van der Waals surface area contributed by atoms with Gasteiger partial charge in [-0.1, -0.05) is 48.5 Å². The number of benzene rings is 2. The van der Waals surface area contributed by atoms with Crippen LogP contribution >= 0.6 is 0 Å². The first kappa shape index (κ1) is 17.4. The molecule has 1 aliphatic rings. The average molecular weight is 345 g/mol. The molecule has 1 amide bonds. The van der Waals surface area contributed by atoms with Crippen molar-refractivity contribution in [2.24, 2.45) is 4.99 Å². The Morgan fingerprint density at radius 3 is 2.08 bits per heavy atom. The zero-order valence-corrected chi connectivity index (χ0v) is 14.7. The standard InChI is InChI=1S/C21H19N3O2/c1-23(2)20-14-18(13-19(25)16-9-5-3-6-10-16)22-15-24(20)21(26)17-11-7-4-8-12-17/h3-15H,1-2H3. The summed E-state index contributed by atoms with van der Waals surface area (Å²) in [4.78, 5) is 32.7.